The fourth-order valence-electron chi connectivity index (χ4n) is 1.62. The van der Waals surface area contributed by atoms with E-state index in [1.807, 2.05) is 45.3 Å². The van der Waals surface area contributed by atoms with Gasteiger partial charge in [-0.2, -0.15) is 0 Å². The molecule has 7 heteroatoms. The number of hydrogen-bond donors (Lipinski definition) is 2. The molecule has 5 nitrogen and oxygen atoms in total. The van der Waals surface area contributed by atoms with Gasteiger partial charge in [0, 0.05) is 24.0 Å². The van der Waals surface area contributed by atoms with Crippen LogP contribution >= 0.6 is 11.3 Å². The highest BCUT2D eigenvalue weighted by Crippen LogP contribution is 2.26. The summed E-state index contributed by atoms with van der Waals surface area (Å²) in [6, 6.07) is 0.154. The second kappa shape index (κ2) is 6.81. The molecule has 0 aliphatic rings. The lowest BCUT2D eigenvalue weighted by molar-refractivity contribution is 0.314. The number of aryl methyl sites for hydroxylation is 1. The third kappa shape index (κ3) is 4.25. The zero-order valence-electron chi connectivity index (χ0n) is 12.1. The predicted octanol–water partition coefficient (Wildman–Crippen LogP) is 1.00. The van der Waals surface area contributed by atoms with E-state index >= 15 is 0 Å². The number of likely N-dealkylation sites (N-methyl/N-ethyl adjacent to an activating group) is 1. The highest BCUT2D eigenvalue weighted by atomic mass is 32.2. The molecule has 1 heterocycles. The molecule has 0 saturated heterocycles. The highest BCUT2D eigenvalue weighted by molar-refractivity contribution is 7.89. The van der Waals surface area contributed by atoms with E-state index in [2.05, 4.69) is 10.0 Å². The van der Waals surface area contributed by atoms with Gasteiger partial charge in [0.2, 0.25) is 10.0 Å². The van der Waals surface area contributed by atoms with Crippen molar-refractivity contribution in [2.75, 3.05) is 27.7 Å². The standard InChI is InChI=1S/C12H23N3O2S2/c1-9-8-18-11(7-13-3)12(9)19(16,17)14-6-10(2)15(4)5/h8,10,13-14H,6-7H2,1-5H3. The minimum atomic E-state index is -3.44. The number of nitrogens with zero attached hydrogens (tertiary/aromatic N) is 1. The van der Waals surface area contributed by atoms with Crippen molar-refractivity contribution < 1.29 is 8.42 Å². The molecule has 1 aromatic rings. The van der Waals surface area contributed by atoms with E-state index in [1.165, 1.54) is 11.3 Å². The SMILES string of the molecule is CNCc1scc(C)c1S(=O)(=O)NCC(C)N(C)C. The normalized spacial score (nSPS) is 14.0. The Morgan fingerprint density at radius 3 is 2.58 bits per heavy atom. The van der Waals surface area contributed by atoms with Gasteiger partial charge in [0.15, 0.2) is 0 Å². The Kier molecular flexibility index (Phi) is 5.94. The molecule has 0 aliphatic heterocycles. The monoisotopic (exact) mass is 305 g/mol. The summed E-state index contributed by atoms with van der Waals surface area (Å²) in [5.41, 5.74) is 0.806. The molecule has 110 valence electrons. The zero-order chi connectivity index (χ0) is 14.6. The first kappa shape index (κ1) is 16.6. The Balaban J connectivity index is 2.91. The van der Waals surface area contributed by atoms with Gasteiger partial charge in [-0.05, 0) is 45.9 Å². The van der Waals surface area contributed by atoms with Crippen LogP contribution in [0.2, 0.25) is 0 Å². The second-order valence-electron chi connectivity index (χ2n) is 4.87. The molecule has 0 amide bonds. The maximum atomic E-state index is 12.4. The van der Waals surface area contributed by atoms with Crippen LogP contribution in [0.1, 0.15) is 17.4 Å². The molecular weight excluding hydrogens is 282 g/mol. The molecule has 1 unspecified atom stereocenters. The van der Waals surface area contributed by atoms with Crippen molar-refractivity contribution in [1.29, 1.82) is 0 Å². The Morgan fingerprint density at radius 2 is 2.05 bits per heavy atom. The molecule has 19 heavy (non-hydrogen) atoms. The lowest BCUT2D eigenvalue weighted by atomic mass is 10.3. The topological polar surface area (TPSA) is 61.4 Å². The van der Waals surface area contributed by atoms with Gasteiger partial charge in [0.1, 0.15) is 4.90 Å². The maximum Gasteiger partial charge on any atom is 0.242 e. The van der Waals surface area contributed by atoms with Crippen molar-refractivity contribution in [3.8, 4) is 0 Å². The molecule has 0 aromatic carbocycles. The molecule has 1 atom stereocenters. The first-order valence-corrected chi connectivity index (χ1v) is 8.53. The van der Waals surface area contributed by atoms with Crippen molar-refractivity contribution in [2.45, 2.75) is 31.3 Å². The molecule has 1 rings (SSSR count). The molecule has 0 radical (unpaired) electrons. The van der Waals surface area contributed by atoms with Gasteiger partial charge in [-0.15, -0.1) is 11.3 Å². The summed E-state index contributed by atoms with van der Waals surface area (Å²) < 4.78 is 27.5. The van der Waals surface area contributed by atoms with Crippen LogP contribution in [0.5, 0.6) is 0 Å². The van der Waals surface area contributed by atoms with E-state index in [1.54, 1.807) is 0 Å². The summed E-state index contributed by atoms with van der Waals surface area (Å²) in [7, 11) is 2.24. The van der Waals surface area contributed by atoms with Crippen LogP contribution in [0.25, 0.3) is 0 Å². The van der Waals surface area contributed by atoms with Crippen LogP contribution < -0.4 is 10.0 Å². The number of nitrogens with one attached hydrogen (secondary N) is 2. The Hall–Kier alpha value is -0.470. The average Bonchev–Trinajstić information content (AvgIpc) is 2.68. The van der Waals surface area contributed by atoms with E-state index < -0.39 is 10.0 Å². The van der Waals surface area contributed by atoms with Crippen molar-refractivity contribution in [3.05, 3.63) is 15.8 Å². The van der Waals surface area contributed by atoms with E-state index in [0.29, 0.717) is 18.0 Å². The van der Waals surface area contributed by atoms with E-state index in [9.17, 15) is 8.42 Å². The minimum Gasteiger partial charge on any atom is -0.315 e. The van der Waals surface area contributed by atoms with Gasteiger partial charge in [-0.1, -0.05) is 0 Å². The summed E-state index contributed by atoms with van der Waals surface area (Å²) in [6.07, 6.45) is 0. The lowest BCUT2D eigenvalue weighted by Gasteiger charge is -2.20. The first-order chi connectivity index (χ1) is 8.79. The molecule has 1 aromatic heterocycles. The van der Waals surface area contributed by atoms with Gasteiger partial charge in [0.05, 0.1) is 0 Å². The Bertz CT molecular complexity index is 509. The molecule has 0 fully saturated rings. The second-order valence-corrected chi connectivity index (χ2v) is 7.53. The van der Waals surface area contributed by atoms with Crippen LogP contribution in [-0.2, 0) is 16.6 Å². The van der Waals surface area contributed by atoms with E-state index in [0.717, 1.165) is 10.4 Å². The van der Waals surface area contributed by atoms with Crippen LogP contribution in [0.15, 0.2) is 10.3 Å². The lowest BCUT2D eigenvalue weighted by Crippen LogP contribution is -2.38. The van der Waals surface area contributed by atoms with E-state index in [4.69, 9.17) is 0 Å². The zero-order valence-corrected chi connectivity index (χ0v) is 13.8. The number of sulfonamides is 1. The van der Waals surface area contributed by atoms with Crippen LogP contribution in [-0.4, -0.2) is 47.0 Å². The Morgan fingerprint density at radius 1 is 1.42 bits per heavy atom. The van der Waals surface area contributed by atoms with E-state index in [-0.39, 0.29) is 6.04 Å². The summed E-state index contributed by atoms with van der Waals surface area (Å²) in [5.74, 6) is 0. The quantitative estimate of drug-likeness (QED) is 0.789. The van der Waals surface area contributed by atoms with Crippen molar-refractivity contribution in [1.82, 2.24) is 14.9 Å². The minimum absolute atomic E-state index is 0.154. The smallest absolute Gasteiger partial charge is 0.242 e. The largest absolute Gasteiger partial charge is 0.315 e. The maximum absolute atomic E-state index is 12.4. The third-order valence-corrected chi connectivity index (χ3v) is 5.93. The van der Waals surface area contributed by atoms with Gasteiger partial charge in [-0.25, -0.2) is 13.1 Å². The van der Waals surface area contributed by atoms with Gasteiger partial charge in [-0.3, -0.25) is 0 Å². The molecule has 0 aliphatic carbocycles. The van der Waals surface area contributed by atoms with Crippen molar-refractivity contribution in [3.63, 3.8) is 0 Å². The average molecular weight is 305 g/mol. The molecule has 0 saturated carbocycles. The number of thiophene rings is 1. The van der Waals surface area contributed by atoms with Crippen LogP contribution in [0.3, 0.4) is 0 Å². The highest BCUT2D eigenvalue weighted by Gasteiger charge is 2.23. The fourth-order valence-corrected chi connectivity index (χ4v) is 4.56. The van der Waals surface area contributed by atoms with Crippen molar-refractivity contribution in [2.24, 2.45) is 0 Å². The van der Waals surface area contributed by atoms with Crippen LogP contribution in [0, 0.1) is 6.92 Å². The third-order valence-electron chi connectivity index (χ3n) is 3.05. The fraction of sp³-hybridized carbons (Fsp3) is 0.667. The number of rotatable bonds is 7. The van der Waals surface area contributed by atoms with Gasteiger partial charge >= 0.3 is 0 Å². The predicted molar refractivity (Wildman–Crippen MR) is 80.2 cm³/mol. The number of hydrogen-bond acceptors (Lipinski definition) is 5. The first-order valence-electron chi connectivity index (χ1n) is 6.17. The van der Waals surface area contributed by atoms with Crippen LogP contribution in [0.4, 0.5) is 0 Å². The van der Waals surface area contributed by atoms with Crippen molar-refractivity contribution >= 4 is 21.4 Å². The molecular formula is C12H23N3O2S2. The molecule has 0 spiro atoms. The summed E-state index contributed by atoms with van der Waals surface area (Å²) >= 11 is 1.48. The van der Waals surface area contributed by atoms with Gasteiger partial charge in [0.25, 0.3) is 0 Å². The Labute approximate surface area is 120 Å². The molecule has 2 N–H and O–H groups in total. The molecule has 0 bridgehead atoms. The summed E-state index contributed by atoms with van der Waals surface area (Å²) in [5, 5.41) is 4.89. The summed E-state index contributed by atoms with van der Waals surface area (Å²) in [4.78, 5) is 3.26. The van der Waals surface area contributed by atoms with Gasteiger partial charge < -0.3 is 10.2 Å². The summed E-state index contributed by atoms with van der Waals surface area (Å²) in [6.45, 7) is 4.79.